The van der Waals surface area contributed by atoms with E-state index in [1.54, 1.807) is 6.92 Å². The third-order valence-corrected chi connectivity index (χ3v) is 2.94. The maximum absolute atomic E-state index is 8.94. The van der Waals surface area contributed by atoms with Crippen LogP contribution in [0.4, 0.5) is 0 Å². The molecule has 0 saturated heterocycles. The van der Waals surface area contributed by atoms with E-state index in [1.165, 1.54) is 25.7 Å². The smallest absolute Gasteiger partial charge is 0.170 e. The van der Waals surface area contributed by atoms with Gasteiger partial charge in [-0.25, -0.2) is 0 Å². The normalized spacial score (nSPS) is 14.8. The molecular weight excluding hydrogens is 214 g/mol. The predicted molar refractivity (Wildman–Crippen MR) is 65.5 cm³/mol. The number of hydrogen-bond donors (Lipinski definition) is 3. The number of rotatable bonds is 8. The van der Waals surface area contributed by atoms with Gasteiger partial charge in [-0.2, -0.15) is 0 Å². The van der Waals surface area contributed by atoms with Crippen LogP contribution in [0, 0.1) is 0 Å². The Morgan fingerprint density at radius 1 is 1.07 bits per heavy atom. The summed E-state index contributed by atoms with van der Waals surface area (Å²) in [5.41, 5.74) is 0. The van der Waals surface area contributed by atoms with E-state index < -0.39 is 11.2 Å². The van der Waals surface area contributed by atoms with Gasteiger partial charge in [-0.1, -0.05) is 45.4 Å². The minimum atomic E-state index is -1.42. The first-order valence-corrected chi connectivity index (χ1v) is 5.93. The number of alkyl halides is 1. The van der Waals surface area contributed by atoms with Crippen LogP contribution in [0.2, 0.25) is 0 Å². The molecule has 4 heteroatoms. The van der Waals surface area contributed by atoms with Gasteiger partial charge in [0.2, 0.25) is 0 Å². The topological polar surface area (TPSA) is 75.5 Å². The Labute approximate surface area is 98.4 Å². The first-order chi connectivity index (χ1) is 6.50. The lowest BCUT2D eigenvalue weighted by molar-refractivity contribution is -0.0697. The number of hydrogen-bond acceptors (Lipinski definition) is 3. The number of unbranched alkanes of at least 4 members (excludes halogenated alkanes) is 5. The van der Waals surface area contributed by atoms with E-state index in [0.29, 0.717) is 6.42 Å². The average molecular weight is 240 g/mol. The van der Waals surface area contributed by atoms with Crippen LogP contribution in [0.25, 0.3) is 0 Å². The second-order valence-electron chi connectivity index (χ2n) is 4.17. The predicted octanol–water partition coefficient (Wildman–Crippen LogP) is 3.21. The van der Waals surface area contributed by atoms with Crippen LogP contribution in [0.15, 0.2) is 0 Å². The highest BCUT2D eigenvalue weighted by Gasteiger charge is 2.27. The van der Waals surface area contributed by atoms with Crippen molar-refractivity contribution in [3.63, 3.8) is 0 Å². The summed E-state index contributed by atoms with van der Waals surface area (Å²) in [6, 6.07) is 0. The highest BCUT2D eigenvalue weighted by Crippen LogP contribution is 2.25. The monoisotopic (exact) mass is 239 g/mol. The van der Waals surface area contributed by atoms with Crippen molar-refractivity contribution in [2.45, 2.75) is 70.0 Å². The maximum Gasteiger partial charge on any atom is 0.170 e. The first-order valence-electron chi connectivity index (χ1n) is 5.55. The molecule has 0 aliphatic rings. The Morgan fingerprint density at radius 2 is 1.53 bits per heavy atom. The number of halogens is 1. The van der Waals surface area contributed by atoms with Crippen molar-refractivity contribution in [1.29, 1.82) is 0 Å². The number of aliphatic hydroxyl groups is 2. The van der Waals surface area contributed by atoms with Crippen LogP contribution >= 0.6 is 11.6 Å². The van der Waals surface area contributed by atoms with E-state index in [-0.39, 0.29) is 6.15 Å². The lowest BCUT2D eigenvalue weighted by Crippen LogP contribution is -2.33. The molecule has 0 aromatic rings. The van der Waals surface area contributed by atoms with E-state index in [4.69, 9.17) is 21.8 Å². The van der Waals surface area contributed by atoms with Crippen LogP contribution in [0.5, 0.6) is 0 Å². The Hall–Kier alpha value is 0.170. The standard InChI is InChI=1S/C11H23ClO2.H3N/c1-3-4-5-6-7-8-9-11(2,12)10(13)14;/h10,13-14H,3-9H2,1-2H3;1H3. The van der Waals surface area contributed by atoms with Gasteiger partial charge in [0, 0.05) is 0 Å². The molecule has 0 aromatic heterocycles. The molecule has 0 spiro atoms. The third kappa shape index (κ3) is 9.12. The molecule has 3 nitrogen and oxygen atoms in total. The molecule has 0 amide bonds. The van der Waals surface area contributed by atoms with E-state index >= 15 is 0 Å². The molecule has 5 N–H and O–H groups in total. The third-order valence-electron chi connectivity index (χ3n) is 2.56. The van der Waals surface area contributed by atoms with E-state index in [1.807, 2.05) is 0 Å². The second kappa shape index (κ2) is 9.40. The molecule has 0 heterocycles. The zero-order chi connectivity index (χ0) is 11.0. The van der Waals surface area contributed by atoms with Crippen molar-refractivity contribution >= 4 is 11.6 Å². The molecule has 0 saturated carbocycles. The lowest BCUT2D eigenvalue weighted by atomic mass is 10.0. The average Bonchev–Trinajstić information content (AvgIpc) is 2.10. The summed E-state index contributed by atoms with van der Waals surface area (Å²) in [6.07, 6.45) is 6.40. The van der Waals surface area contributed by atoms with E-state index in [2.05, 4.69) is 6.92 Å². The van der Waals surface area contributed by atoms with Crippen molar-refractivity contribution in [2.75, 3.05) is 0 Å². The van der Waals surface area contributed by atoms with Crippen LogP contribution in [0.1, 0.15) is 58.8 Å². The zero-order valence-corrected chi connectivity index (χ0v) is 10.8. The molecule has 1 unspecified atom stereocenters. The molecule has 0 aromatic carbocycles. The molecule has 0 aliphatic carbocycles. The summed E-state index contributed by atoms with van der Waals surface area (Å²) in [5.74, 6) is 0. The van der Waals surface area contributed by atoms with Crippen LogP contribution in [0.3, 0.4) is 0 Å². The maximum atomic E-state index is 8.94. The molecule has 0 radical (unpaired) electrons. The van der Waals surface area contributed by atoms with Crippen molar-refractivity contribution in [3.05, 3.63) is 0 Å². The lowest BCUT2D eigenvalue weighted by Gasteiger charge is -2.23. The molecule has 0 bridgehead atoms. The summed E-state index contributed by atoms with van der Waals surface area (Å²) in [7, 11) is 0. The fourth-order valence-corrected chi connectivity index (χ4v) is 1.51. The van der Waals surface area contributed by atoms with Gasteiger partial charge in [0.1, 0.15) is 0 Å². The molecule has 1 atom stereocenters. The Balaban J connectivity index is 0. The molecule has 15 heavy (non-hydrogen) atoms. The fourth-order valence-electron chi connectivity index (χ4n) is 1.38. The minimum absolute atomic E-state index is 0. The summed E-state index contributed by atoms with van der Waals surface area (Å²) >= 11 is 5.91. The highest BCUT2D eigenvalue weighted by atomic mass is 35.5. The molecule has 0 aliphatic heterocycles. The second-order valence-corrected chi connectivity index (χ2v) is 5.03. The molecular formula is C11H26ClNO2. The Bertz CT molecular complexity index is 141. The summed E-state index contributed by atoms with van der Waals surface area (Å²) in [6.45, 7) is 3.86. The minimum Gasteiger partial charge on any atom is -0.367 e. The van der Waals surface area contributed by atoms with Crippen LogP contribution in [-0.4, -0.2) is 21.4 Å². The van der Waals surface area contributed by atoms with Gasteiger partial charge in [-0.3, -0.25) is 0 Å². The van der Waals surface area contributed by atoms with Gasteiger partial charge < -0.3 is 16.4 Å². The SMILES string of the molecule is CCCCCCCCC(C)(Cl)C(O)O.N. The zero-order valence-electron chi connectivity index (χ0n) is 10.0. The van der Waals surface area contributed by atoms with Crippen molar-refractivity contribution in [3.8, 4) is 0 Å². The van der Waals surface area contributed by atoms with Crippen molar-refractivity contribution in [2.24, 2.45) is 0 Å². The molecule has 0 fully saturated rings. The fraction of sp³-hybridized carbons (Fsp3) is 1.00. The van der Waals surface area contributed by atoms with Gasteiger partial charge in [0.05, 0.1) is 4.87 Å². The summed E-state index contributed by atoms with van der Waals surface area (Å²) in [4.78, 5) is -0.870. The Kier molecular flexibility index (Phi) is 11.0. The van der Waals surface area contributed by atoms with Gasteiger partial charge in [0.25, 0.3) is 0 Å². The summed E-state index contributed by atoms with van der Waals surface area (Å²) in [5, 5.41) is 17.9. The van der Waals surface area contributed by atoms with E-state index in [9.17, 15) is 0 Å². The van der Waals surface area contributed by atoms with Crippen LogP contribution < -0.4 is 6.15 Å². The molecule has 0 rings (SSSR count). The quantitative estimate of drug-likeness (QED) is 0.346. The Morgan fingerprint density at radius 3 is 2.00 bits per heavy atom. The largest absolute Gasteiger partial charge is 0.367 e. The van der Waals surface area contributed by atoms with Crippen molar-refractivity contribution < 1.29 is 10.2 Å². The van der Waals surface area contributed by atoms with Gasteiger partial charge >= 0.3 is 0 Å². The number of aliphatic hydroxyl groups excluding tert-OH is 1. The first kappa shape index (κ1) is 17.6. The van der Waals surface area contributed by atoms with E-state index in [0.717, 1.165) is 12.8 Å². The highest BCUT2D eigenvalue weighted by molar-refractivity contribution is 6.23. The van der Waals surface area contributed by atoms with Gasteiger partial charge in [-0.05, 0) is 13.3 Å². The van der Waals surface area contributed by atoms with Gasteiger partial charge in [0.15, 0.2) is 6.29 Å². The van der Waals surface area contributed by atoms with Crippen molar-refractivity contribution in [1.82, 2.24) is 6.15 Å². The summed E-state index contributed by atoms with van der Waals surface area (Å²) < 4.78 is 0. The molecule has 94 valence electrons. The van der Waals surface area contributed by atoms with Gasteiger partial charge in [-0.15, -0.1) is 11.6 Å². The van der Waals surface area contributed by atoms with Crippen LogP contribution in [-0.2, 0) is 0 Å².